The van der Waals surface area contributed by atoms with E-state index in [0.29, 0.717) is 5.69 Å². The molecule has 2 N–H and O–H groups in total. The lowest BCUT2D eigenvalue weighted by atomic mass is 10.2. The topological polar surface area (TPSA) is 26.0 Å². The first-order valence-electron chi connectivity index (χ1n) is 2.86. The molecular formula is C7H8BrNS. The minimum absolute atomic E-state index is 0.711. The number of hydrogen-bond donors (Lipinski definition) is 2. The van der Waals surface area contributed by atoms with Crippen LogP contribution in [-0.4, -0.2) is 0 Å². The highest BCUT2D eigenvalue weighted by Gasteiger charge is 2.00. The Morgan fingerprint density at radius 3 is 2.60 bits per heavy atom. The molecule has 1 aromatic rings. The molecular weight excluding hydrogens is 210 g/mol. The van der Waals surface area contributed by atoms with E-state index in [1.54, 1.807) is 0 Å². The fraction of sp³-hybridized carbons (Fsp3) is 0.143. The molecule has 0 radical (unpaired) electrons. The molecule has 10 heavy (non-hydrogen) atoms. The van der Waals surface area contributed by atoms with E-state index in [-0.39, 0.29) is 0 Å². The summed E-state index contributed by atoms with van der Waals surface area (Å²) in [5, 5.41) is 0. The van der Waals surface area contributed by atoms with E-state index in [2.05, 4.69) is 28.6 Å². The summed E-state index contributed by atoms with van der Waals surface area (Å²) in [6, 6.07) is 3.90. The van der Waals surface area contributed by atoms with Gasteiger partial charge in [-0.05, 0) is 34.5 Å². The summed E-state index contributed by atoms with van der Waals surface area (Å²) in [5.74, 6) is 0. The van der Waals surface area contributed by atoms with Crippen molar-refractivity contribution in [2.75, 3.05) is 5.73 Å². The molecule has 0 bridgehead atoms. The molecule has 0 fully saturated rings. The third-order valence-corrected chi connectivity index (χ3v) is 2.65. The predicted molar refractivity (Wildman–Crippen MR) is 50.5 cm³/mol. The SMILES string of the molecule is Cc1ccc(Br)c(N)c1S. The molecule has 0 aliphatic heterocycles. The quantitative estimate of drug-likeness (QED) is 0.508. The normalized spacial score (nSPS) is 9.90. The van der Waals surface area contributed by atoms with Gasteiger partial charge in [-0.15, -0.1) is 12.6 Å². The molecule has 0 saturated carbocycles. The minimum Gasteiger partial charge on any atom is -0.397 e. The van der Waals surface area contributed by atoms with Gasteiger partial charge >= 0.3 is 0 Å². The second-order valence-electron chi connectivity index (χ2n) is 2.13. The van der Waals surface area contributed by atoms with E-state index in [4.69, 9.17) is 5.73 Å². The first-order chi connectivity index (χ1) is 4.63. The van der Waals surface area contributed by atoms with Gasteiger partial charge in [0.1, 0.15) is 0 Å². The summed E-state index contributed by atoms with van der Waals surface area (Å²) in [6.07, 6.45) is 0. The maximum atomic E-state index is 5.66. The molecule has 0 atom stereocenters. The molecule has 3 heteroatoms. The number of nitrogen functional groups attached to an aromatic ring is 1. The smallest absolute Gasteiger partial charge is 0.0596 e. The Kier molecular flexibility index (Phi) is 2.26. The molecule has 0 aliphatic rings. The zero-order chi connectivity index (χ0) is 7.72. The molecule has 0 saturated heterocycles. The van der Waals surface area contributed by atoms with Crippen LogP contribution in [0.5, 0.6) is 0 Å². The molecule has 1 rings (SSSR count). The number of rotatable bonds is 0. The van der Waals surface area contributed by atoms with Crippen LogP contribution in [0.2, 0.25) is 0 Å². The van der Waals surface area contributed by atoms with Gasteiger partial charge < -0.3 is 5.73 Å². The van der Waals surface area contributed by atoms with Crippen molar-refractivity contribution in [2.24, 2.45) is 0 Å². The fourth-order valence-corrected chi connectivity index (χ4v) is 1.37. The lowest BCUT2D eigenvalue weighted by Gasteiger charge is -2.03. The maximum absolute atomic E-state index is 5.66. The number of hydrogen-bond acceptors (Lipinski definition) is 2. The molecule has 0 aliphatic carbocycles. The van der Waals surface area contributed by atoms with Crippen LogP contribution in [0.25, 0.3) is 0 Å². The first kappa shape index (κ1) is 7.95. The van der Waals surface area contributed by atoms with Crippen molar-refractivity contribution in [3.63, 3.8) is 0 Å². The fourth-order valence-electron chi connectivity index (χ4n) is 0.692. The summed E-state index contributed by atoms with van der Waals surface area (Å²) in [7, 11) is 0. The van der Waals surface area contributed by atoms with Crippen LogP contribution >= 0.6 is 28.6 Å². The lowest BCUT2D eigenvalue weighted by molar-refractivity contribution is 1.30. The van der Waals surface area contributed by atoms with Crippen LogP contribution in [0.4, 0.5) is 5.69 Å². The average Bonchev–Trinajstić information content (AvgIpc) is 1.93. The Bertz CT molecular complexity index is 233. The molecule has 0 aromatic heterocycles. The molecule has 1 nitrogen and oxygen atoms in total. The summed E-state index contributed by atoms with van der Waals surface area (Å²) in [4.78, 5) is 0.856. The van der Waals surface area contributed by atoms with Crippen molar-refractivity contribution >= 4 is 34.2 Å². The van der Waals surface area contributed by atoms with Gasteiger partial charge in [-0.2, -0.15) is 0 Å². The van der Waals surface area contributed by atoms with E-state index in [1.807, 2.05) is 19.1 Å². The Labute approximate surface area is 74.2 Å². The van der Waals surface area contributed by atoms with Gasteiger partial charge in [0.05, 0.1) is 5.69 Å². The van der Waals surface area contributed by atoms with E-state index in [9.17, 15) is 0 Å². The standard InChI is InChI=1S/C7H8BrNS/c1-4-2-3-5(8)6(9)7(4)10/h2-3,10H,9H2,1H3. The van der Waals surface area contributed by atoms with E-state index >= 15 is 0 Å². The largest absolute Gasteiger partial charge is 0.397 e. The van der Waals surface area contributed by atoms with Gasteiger partial charge in [-0.25, -0.2) is 0 Å². The number of nitrogens with two attached hydrogens (primary N) is 1. The highest BCUT2D eigenvalue weighted by Crippen LogP contribution is 2.28. The van der Waals surface area contributed by atoms with Gasteiger partial charge in [-0.1, -0.05) is 6.07 Å². The zero-order valence-corrected chi connectivity index (χ0v) is 8.04. The summed E-state index contributed by atoms with van der Waals surface area (Å²) in [5.41, 5.74) is 7.47. The Morgan fingerprint density at radius 2 is 2.10 bits per heavy atom. The number of halogens is 1. The van der Waals surface area contributed by atoms with Crippen molar-refractivity contribution < 1.29 is 0 Å². The number of aryl methyl sites for hydroxylation is 1. The minimum atomic E-state index is 0.711. The molecule has 54 valence electrons. The van der Waals surface area contributed by atoms with Crippen LogP contribution in [0.15, 0.2) is 21.5 Å². The molecule has 0 heterocycles. The highest BCUT2D eigenvalue weighted by atomic mass is 79.9. The monoisotopic (exact) mass is 217 g/mol. The number of anilines is 1. The van der Waals surface area contributed by atoms with Crippen molar-refractivity contribution in [2.45, 2.75) is 11.8 Å². The second-order valence-corrected chi connectivity index (χ2v) is 3.43. The third kappa shape index (κ3) is 1.30. The van der Waals surface area contributed by atoms with Gasteiger partial charge in [0.25, 0.3) is 0 Å². The first-order valence-corrected chi connectivity index (χ1v) is 4.10. The predicted octanol–water partition coefficient (Wildman–Crippen LogP) is 2.63. The Morgan fingerprint density at radius 1 is 1.50 bits per heavy atom. The van der Waals surface area contributed by atoms with Crippen molar-refractivity contribution in [3.8, 4) is 0 Å². The van der Waals surface area contributed by atoms with Crippen LogP contribution in [0.3, 0.4) is 0 Å². The maximum Gasteiger partial charge on any atom is 0.0596 e. The van der Waals surface area contributed by atoms with Gasteiger partial charge in [-0.3, -0.25) is 0 Å². The van der Waals surface area contributed by atoms with Gasteiger partial charge in [0, 0.05) is 9.37 Å². The van der Waals surface area contributed by atoms with Crippen LogP contribution in [0, 0.1) is 6.92 Å². The summed E-state index contributed by atoms with van der Waals surface area (Å²) < 4.78 is 0.906. The van der Waals surface area contributed by atoms with E-state index in [0.717, 1.165) is 14.9 Å². The van der Waals surface area contributed by atoms with Gasteiger partial charge in [0.2, 0.25) is 0 Å². The average molecular weight is 218 g/mol. The zero-order valence-electron chi connectivity index (χ0n) is 5.56. The van der Waals surface area contributed by atoms with Crippen LogP contribution < -0.4 is 5.73 Å². The van der Waals surface area contributed by atoms with Crippen LogP contribution in [0.1, 0.15) is 5.56 Å². The third-order valence-electron chi connectivity index (χ3n) is 1.37. The van der Waals surface area contributed by atoms with Crippen molar-refractivity contribution in [1.82, 2.24) is 0 Å². The summed E-state index contributed by atoms with van der Waals surface area (Å²) in [6.45, 7) is 1.98. The van der Waals surface area contributed by atoms with Crippen molar-refractivity contribution in [1.29, 1.82) is 0 Å². The molecule has 0 amide bonds. The number of thiol groups is 1. The highest BCUT2D eigenvalue weighted by molar-refractivity contribution is 9.10. The van der Waals surface area contributed by atoms with Gasteiger partial charge in [0.15, 0.2) is 0 Å². The lowest BCUT2D eigenvalue weighted by Crippen LogP contribution is -1.90. The summed E-state index contributed by atoms with van der Waals surface area (Å²) >= 11 is 7.53. The molecule has 0 unspecified atom stereocenters. The molecule has 0 spiro atoms. The van der Waals surface area contributed by atoms with Crippen molar-refractivity contribution in [3.05, 3.63) is 22.2 Å². The van der Waals surface area contributed by atoms with E-state index < -0.39 is 0 Å². The molecule has 1 aromatic carbocycles. The second kappa shape index (κ2) is 2.84. The number of benzene rings is 1. The Balaban J connectivity index is 3.34. The van der Waals surface area contributed by atoms with Crippen LogP contribution in [-0.2, 0) is 0 Å². The van der Waals surface area contributed by atoms with E-state index in [1.165, 1.54) is 0 Å². The Hall–Kier alpha value is -0.150.